The molecule has 330 valence electrons. The zero-order chi connectivity index (χ0) is 46.4. The van der Waals surface area contributed by atoms with Crippen molar-refractivity contribution in [2.45, 2.75) is 44.9 Å². The summed E-state index contributed by atoms with van der Waals surface area (Å²) in [5, 5.41) is 7.57. The van der Waals surface area contributed by atoms with Crippen molar-refractivity contribution in [3.8, 4) is 22.3 Å². The third-order valence-electron chi connectivity index (χ3n) is 15.2. The first-order valence-corrected chi connectivity index (χ1v) is 24.6. The van der Waals surface area contributed by atoms with E-state index < -0.39 is 5.41 Å². The Morgan fingerprint density at radius 1 is 0.304 bits per heavy atom. The third-order valence-corrected chi connectivity index (χ3v) is 15.2. The Kier molecular flexibility index (Phi) is 9.49. The van der Waals surface area contributed by atoms with Gasteiger partial charge in [0, 0.05) is 34.1 Å². The van der Waals surface area contributed by atoms with Crippen LogP contribution in [0, 0.1) is 0 Å². The standard InChI is InChI=1S/C67H52N2/c1-43(2)45-27-32-50(33-28-45)68(48-17-7-5-8-18-48)52-36-39-54-47(41-52)31-38-60-64-58-24-12-11-21-55(58)61-42-53(69(49-19-9-6-10-20-49)51-34-29-46(30-35-51)44(3)4)37-40-59(61)66(64)67(65(54)60)62-25-15-13-22-56(62)57-23-14-16-26-63(57)67/h5-44H,1-4H3. The van der Waals surface area contributed by atoms with Gasteiger partial charge >= 0.3 is 0 Å². The van der Waals surface area contributed by atoms with Gasteiger partial charge in [0.1, 0.15) is 0 Å². The van der Waals surface area contributed by atoms with E-state index in [-0.39, 0.29) is 0 Å². The molecule has 2 nitrogen and oxygen atoms in total. The number of benzene rings is 11. The summed E-state index contributed by atoms with van der Waals surface area (Å²) >= 11 is 0. The predicted molar refractivity (Wildman–Crippen MR) is 293 cm³/mol. The van der Waals surface area contributed by atoms with Crippen molar-refractivity contribution >= 4 is 66.4 Å². The van der Waals surface area contributed by atoms with E-state index in [1.165, 1.54) is 88.0 Å². The first-order chi connectivity index (χ1) is 33.9. The van der Waals surface area contributed by atoms with Gasteiger partial charge in [0.05, 0.1) is 5.41 Å². The second-order valence-electron chi connectivity index (χ2n) is 19.6. The molecule has 0 heterocycles. The van der Waals surface area contributed by atoms with Crippen LogP contribution in [0.25, 0.3) is 54.6 Å². The molecule has 0 saturated carbocycles. The highest BCUT2D eigenvalue weighted by atomic mass is 15.1. The van der Waals surface area contributed by atoms with Crippen LogP contribution in [0.5, 0.6) is 0 Å². The number of para-hydroxylation sites is 2. The van der Waals surface area contributed by atoms with Gasteiger partial charge in [0.25, 0.3) is 0 Å². The smallest absolute Gasteiger partial charge is 0.0737 e. The summed E-state index contributed by atoms with van der Waals surface area (Å²) in [7, 11) is 0. The molecule has 0 aliphatic heterocycles. The number of rotatable bonds is 8. The van der Waals surface area contributed by atoms with Crippen LogP contribution >= 0.6 is 0 Å². The Hall–Kier alpha value is -8.20. The van der Waals surface area contributed by atoms with E-state index in [1.54, 1.807) is 0 Å². The fraction of sp³-hybridized carbons (Fsp3) is 0.104. The quantitative estimate of drug-likeness (QED) is 0.140. The van der Waals surface area contributed by atoms with Crippen molar-refractivity contribution in [3.63, 3.8) is 0 Å². The fourth-order valence-corrected chi connectivity index (χ4v) is 12.0. The van der Waals surface area contributed by atoms with Crippen LogP contribution < -0.4 is 9.80 Å². The Morgan fingerprint density at radius 3 is 1.30 bits per heavy atom. The van der Waals surface area contributed by atoms with Crippen molar-refractivity contribution in [2.24, 2.45) is 0 Å². The summed E-state index contributed by atoms with van der Waals surface area (Å²) in [6.07, 6.45) is 0. The highest BCUT2D eigenvalue weighted by molar-refractivity contribution is 6.22. The lowest BCUT2D eigenvalue weighted by molar-refractivity contribution is 0.809. The van der Waals surface area contributed by atoms with Gasteiger partial charge in [-0.25, -0.2) is 0 Å². The predicted octanol–water partition coefficient (Wildman–Crippen LogP) is 18.7. The Morgan fingerprint density at radius 2 is 0.754 bits per heavy atom. The molecule has 0 aromatic heterocycles. The van der Waals surface area contributed by atoms with E-state index >= 15 is 0 Å². The van der Waals surface area contributed by atoms with Crippen LogP contribution in [0.2, 0.25) is 0 Å². The van der Waals surface area contributed by atoms with Crippen LogP contribution in [-0.2, 0) is 5.41 Å². The molecular weight excluding hydrogens is 833 g/mol. The minimum absolute atomic E-state index is 0.455. The number of nitrogens with zero attached hydrogens (tertiary/aromatic N) is 2. The lowest BCUT2D eigenvalue weighted by atomic mass is 9.68. The SMILES string of the molecule is CC(C)c1ccc(N(c2ccccc2)c2ccc3c4c(ccc3c2)-c2c(c3ccc(N(c5ccccc5)c5ccc(C(C)C)cc5)cc3c3ccccc23)C42c3ccccc3-c3ccccc32)cc1. The van der Waals surface area contributed by atoms with Gasteiger partial charge in [-0.05, 0) is 173 Å². The molecule has 0 saturated heterocycles. The van der Waals surface area contributed by atoms with Gasteiger partial charge in [-0.3, -0.25) is 0 Å². The van der Waals surface area contributed by atoms with Crippen molar-refractivity contribution in [3.05, 3.63) is 264 Å². The fourth-order valence-electron chi connectivity index (χ4n) is 12.0. The van der Waals surface area contributed by atoms with Gasteiger partial charge in [-0.15, -0.1) is 0 Å². The topological polar surface area (TPSA) is 6.48 Å². The van der Waals surface area contributed by atoms with E-state index in [0.717, 1.165) is 34.1 Å². The van der Waals surface area contributed by atoms with Crippen molar-refractivity contribution in [1.29, 1.82) is 0 Å². The molecule has 0 amide bonds. The molecular formula is C67H52N2. The van der Waals surface area contributed by atoms with Gasteiger partial charge < -0.3 is 9.80 Å². The van der Waals surface area contributed by atoms with Gasteiger partial charge in [-0.1, -0.05) is 185 Å². The van der Waals surface area contributed by atoms with Crippen LogP contribution in [0.4, 0.5) is 34.1 Å². The second-order valence-corrected chi connectivity index (χ2v) is 19.6. The number of anilines is 6. The summed E-state index contributed by atoms with van der Waals surface area (Å²) in [6.45, 7) is 9.04. The summed E-state index contributed by atoms with van der Waals surface area (Å²) in [4.78, 5) is 4.82. The molecule has 2 heteroatoms. The summed E-state index contributed by atoms with van der Waals surface area (Å²) in [5.74, 6) is 0.915. The summed E-state index contributed by atoms with van der Waals surface area (Å²) < 4.78 is 0. The van der Waals surface area contributed by atoms with Gasteiger partial charge in [0.2, 0.25) is 0 Å². The maximum absolute atomic E-state index is 2.46. The Labute approximate surface area is 405 Å². The molecule has 0 unspecified atom stereocenters. The molecule has 1 spiro atoms. The molecule has 2 aliphatic carbocycles. The Bertz CT molecular complexity index is 3730. The number of fused-ring (bicyclic) bond motifs is 17. The third kappa shape index (κ3) is 6.18. The van der Waals surface area contributed by atoms with Gasteiger partial charge in [0.15, 0.2) is 0 Å². The molecule has 2 aliphatic rings. The first-order valence-electron chi connectivity index (χ1n) is 24.6. The highest BCUT2D eigenvalue weighted by Crippen LogP contribution is 2.67. The zero-order valence-corrected chi connectivity index (χ0v) is 39.5. The molecule has 11 aromatic carbocycles. The molecule has 13 rings (SSSR count). The monoisotopic (exact) mass is 884 g/mol. The zero-order valence-electron chi connectivity index (χ0n) is 39.5. The maximum Gasteiger partial charge on any atom is 0.0737 e. The first kappa shape index (κ1) is 41.0. The van der Waals surface area contributed by atoms with E-state index in [9.17, 15) is 0 Å². The molecule has 0 N–H and O–H groups in total. The minimum Gasteiger partial charge on any atom is -0.310 e. The number of hydrogen-bond donors (Lipinski definition) is 0. The van der Waals surface area contributed by atoms with E-state index in [4.69, 9.17) is 0 Å². The van der Waals surface area contributed by atoms with Crippen LogP contribution in [0.3, 0.4) is 0 Å². The normalized spacial score (nSPS) is 13.0. The molecule has 0 fully saturated rings. The maximum atomic E-state index is 2.46. The summed E-state index contributed by atoms with van der Waals surface area (Å²) in [5.41, 5.74) is 19.6. The molecule has 11 aromatic rings. The molecule has 0 radical (unpaired) electrons. The largest absolute Gasteiger partial charge is 0.310 e. The second kappa shape index (κ2) is 16.0. The average Bonchev–Trinajstić information content (AvgIpc) is 3.88. The lowest BCUT2D eigenvalue weighted by Crippen LogP contribution is -2.26. The number of hydrogen-bond acceptors (Lipinski definition) is 2. The van der Waals surface area contributed by atoms with Crippen molar-refractivity contribution < 1.29 is 0 Å². The highest BCUT2D eigenvalue weighted by Gasteiger charge is 2.53. The van der Waals surface area contributed by atoms with E-state index in [2.05, 4.69) is 268 Å². The molecule has 0 bridgehead atoms. The van der Waals surface area contributed by atoms with E-state index in [1.807, 2.05) is 0 Å². The van der Waals surface area contributed by atoms with Crippen molar-refractivity contribution in [1.82, 2.24) is 0 Å². The molecule has 0 atom stereocenters. The lowest BCUT2D eigenvalue weighted by Gasteiger charge is -2.33. The minimum atomic E-state index is -0.583. The molecule has 69 heavy (non-hydrogen) atoms. The van der Waals surface area contributed by atoms with Crippen LogP contribution in [0.15, 0.2) is 231 Å². The average molecular weight is 885 g/mol. The van der Waals surface area contributed by atoms with Crippen LogP contribution in [-0.4, -0.2) is 0 Å². The van der Waals surface area contributed by atoms with Crippen LogP contribution in [0.1, 0.15) is 72.9 Å². The van der Waals surface area contributed by atoms with Gasteiger partial charge in [-0.2, -0.15) is 0 Å². The summed E-state index contributed by atoms with van der Waals surface area (Å²) in [6, 6.07) is 86.7. The van der Waals surface area contributed by atoms with E-state index in [0.29, 0.717) is 11.8 Å². The van der Waals surface area contributed by atoms with Crippen molar-refractivity contribution in [2.75, 3.05) is 9.80 Å². The Balaban J connectivity index is 1.09.